The van der Waals surface area contributed by atoms with Crippen LogP contribution >= 0.6 is 0 Å². The number of carbonyl (C=O) groups is 2. The third kappa shape index (κ3) is 3.35. The van der Waals surface area contributed by atoms with E-state index in [2.05, 4.69) is 5.32 Å². The van der Waals surface area contributed by atoms with Crippen LogP contribution in [-0.4, -0.2) is 34.8 Å². The van der Waals surface area contributed by atoms with Crippen LogP contribution in [0.2, 0.25) is 0 Å². The van der Waals surface area contributed by atoms with Gasteiger partial charge in [0, 0.05) is 12.1 Å². The third-order valence-electron chi connectivity index (χ3n) is 4.51. The SMILES string of the molecule is CCC(C)N1C(=O)CC(NC2CCCCCC2)C1=O. The molecule has 2 rings (SSSR count). The summed E-state index contributed by atoms with van der Waals surface area (Å²) in [5, 5.41) is 3.43. The standard InChI is InChI=1S/C15H26N2O2/c1-3-11(2)17-14(18)10-13(15(17)19)16-12-8-6-4-5-7-9-12/h11-13,16H,3-10H2,1-2H3. The van der Waals surface area contributed by atoms with Crippen LogP contribution in [0.4, 0.5) is 0 Å². The molecule has 1 aliphatic heterocycles. The van der Waals surface area contributed by atoms with Crippen molar-refractivity contribution in [2.45, 2.75) is 83.3 Å². The molecule has 2 unspecified atom stereocenters. The number of nitrogens with zero attached hydrogens (tertiary/aromatic N) is 1. The summed E-state index contributed by atoms with van der Waals surface area (Å²) in [6.45, 7) is 3.96. The zero-order valence-corrected chi connectivity index (χ0v) is 12.2. The van der Waals surface area contributed by atoms with Crippen LogP contribution in [-0.2, 0) is 9.59 Å². The predicted octanol–water partition coefficient (Wildman–Crippen LogP) is 2.22. The van der Waals surface area contributed by atoms with Gasteiger partial charge in [0.05, 0.1) is 12.5 Å². The van der Waals surface area contributed by atoms with Gasteiger partial charge < -0.3 is 5.32 Å². The zero-order valence-electron chi connectivity index (χ0n) is 12.2. The monoisotopic (exact) mass is 266 g/mol. The van der Waals surface area contributed by atoms with Gasteiger partial charge in [-0.15, -0.1) is 0 Å². The van der Waals surface area contributed by atoms with Crippen molar-refractivity contribution in [3.8, 4) is 0 Å². The molecule has 2 amide bonds. The van der Waals surface area contributed by atoms with E-state index in [9.17, 15) is 9.59 Å². The second-order valence-corrected chi connectivity index (χ2v) is 5.97. The number of hydrogen-bond donors (Lipinski definition) is 1. The van der Waals surface area contributed by atoms with Crippen molar-refractivity contribution in [3.63, 3.8) is 0 Å². The molecule has 1 aliphatic carbocycles. The molecule has 2 aliphatic rings. The number of amides is 2. The number of imide groups is 1. The van der Waals surface area contributed by atoms with Crippen molar-refractivity contribution < 1.29 is 9.59 Å². The molecule has 2 fully saturated rings. The lowest BCUT2D eigenvalue weighted by Crippen LogP contribution is -2.45. The summed E-state index contributed by atoms with van der Waals surface area (Å²) in [4.78, 5) is 25.8. The Labute approximate surface area is 115 Å². The third-order valence-corrected chi connectivity index (χ3v) is 4.51. The number of rotatable bonds is 4. The van der Waals surface area contributed by atoms with Crippen molar-refractivity contribution in [2.75, 3.05) is 0 Å². The highest BCUT2D eigenvalue weighted by Crippen LogP contribution is 2.22. The van der Waals surface area contributed by atoms with Crippen LogP contribution in [0.15, 0.2) is 0 Å². The molecular weight excluding hydrogens is 240 g/mol. The largest absolute Gasteiger partial charge is 0.303 e. The molecule has 108 valence electrons. The van der Waals surface area contributed by atoms with Crippen molar-refractivity contribution in [1.29, 1.82) is 0 Å². The van der Waals surface area contributed by atoms with E-state index in [1.807, 2.05) is 13.8 Å². The molecule has 0 aromatic carbocycles. The lowest BCUT2D eigenvalue weighted by Gasteiger charge is -2.23. The highest BCUT2D eigenvalue weighted by molar-refractivity contribution is 6.05. The van der Waals surface area contributed by atoms with Crippen LogP contribution in [0.5, 0.6) is 0 Å². The van der Waals surface area contributed by atoms with E-state index >= 15 is 0 Å². The van der Waals surface area contributed by atoms with Gasteiger partial charge in [0.25, 0.3) is 0 Å². The predicted molar refractivity (Wildman–Crippen MR) is 74.6 cm³/mol. The summed E-state index contributed by atoms with van der Waals surface area (Å²) >= 11 is 0. The van der Waals surface area contributed by atoms with E-state index in [0.29, 0.717) is 12.5 Å². The van der Waals surface area contributed by atoms with Crippen LogP contribution < -0.4 is 5.32 Å². The fourth-order valence-electron chi connectivity index (χ4n) is 3.16. The molecule has 0 bridgehead atoms. The van der Waals surface area contributed by atoms with Gasteiger partial charge in [-0.2, -0.15) is 0 Å². The first-order chi connectivity index (χ1) is 9.13. The Balaban J connectivity index is 1.94. The Morgan fingerprint density at radius 2 is 1.84 bits per heavy atom. The molecule has 0 aromatic heterocycles. The fourth-order valence-corrected chi connectivity index (χ4v) is 3.16. The minimum atomic E-state index is -0.274. The molecule has 1 saturated heterocycles. The molecular formula is C15H26N2O2. The molecule has 4 heteroatoms. The summed E-state index contributed by atoms with van der Waals surface area (Å²) in [6, 6.07) is 0.173. The summed E-state index contributed by atoms with van der Waals surface area (Å²) < 4.78 is 0. The molecule has 0 radical (unpaired) electrons. The second-order valence-electron chi connectivity index (χ2n) is 5.97. The summed E-state index contributed by atoms with van der Waals surface area (Å²) in [5.41, 5.74) is 0. The molecule has 19 heavy (non-hydrogen) atoms. The first-order valence-electron chi connectivity index (χ1n) is 7.75. The van der Waals surface area contributed by atoms with Crippen molar-refractivity contribution in [2.24, 2.45) is 0 Å². The Bertz CT molecular complexity index is 335. The lowest BCUT2D eigenvalue weighted by molar-refractivity contribution is -0.141. The first kappa shape index (κ1) is 14.5. The average Bonchev–Trinajstić information content (AvgIpc) is 2.61. The van der Waals surface area contributed by atoms with Crippen molar-refractivity contribution in [1.82, 2.24) is 10.2 Å². The molecule has 1 N–H and O–H groups in total. The number of hydrogen-bond acceptors (Lipinski definition) is 3. The quantitative estimate of drug-likeness (QED) is 0.627. The maximum atomic E-state index is 12.3. The Kier molecular flexibility index (Phi) is 4.97. The number of nitrogens with one attached hydrogen (secondary N) is 1. The minimum Gasteiger partial charge on any atom is -0.303 e. The van der Waals surface area contributed by atoms with Gasteiger partial charge in [0.1, 0.15) is 0 Å². The average molecular weight is 266 g/mol. The van der Waals surface area contributed by atoms with Gasteiger partial charge in [0.15, 0.2) is 0 Å². The van der Waals surface area contributed by atoms with E-state index in [1.54, 1.807) is 0 Å². The smallest absolute Gasteiger partial charge is 0.247 e. The maximum Gasteiger partial charge on any atom is 0.247 e. The molecule has 0 aromatic rings. The Hall–Kier alpha value is -0.900. The van der Waals surface area contributed by atoms with E-state index in [-0.39, 0.29) is 23.9 Å². The minimum absolute atomic E-state index is 0.00882. The van der Waals surface area contributed by atoms with Gasteiger partial charge >= 0.3 is 0 Å². The Morgan fingerprint density at radius 1 is 1.21 bits per heavy atom. The Morgan fingerprint density at radius 3 is 2.42 bits per heavy atom. The highest BCUT2D eigenvalue weighted by atomic mass is 16.2. The van der Waals surface area contributed by atoms with Crippen LogP contribution in [0.25, 0.3) is 0 Å². The number of likely N-dealkylation sites (tertiary alicyclic amines) is 1. The molecule has 0 spiro atoms. The summed E-state index contributed by atoms with van der Waals surface area (Å²) in [6.07, 6.45) is 8.53. The topological polar surface area (TPSA) is 49.4 Å². The molecule has 2 atom stereocenters. The fraction of sp³-hybridized carbons (Fsp3) is 0.867. The summed E-state index contributed by atoms with van der Waals surface area (Å²) in [5.74, 6) is -0.0194. The van der Waals surface area contributed by atoms with Gasteiger partial charge in [-0.1, -0.05) is 32.6 Å². The molecule has 1 heterocycles. The zero-order chi connectivity index (χ0) is 13.8. The summed E-state index contributed by atoms with van der Waals surface area (Å²) in [7, 11) is 0. The second kappa shape index (κ2) is 6.51. The van der Waals surface area contributed by atoms with Gasteiger partial charge in [0.2, 0.25) is 11.8 Å². The highest BCUT2D eigenvalue weighted by Gasteiger charge is 2.41. The molecule has 4 nitrogen and oxygen atoms in total. The van der Waals surface area contributed by atoms with Crippen LogP contribution in [0, 0.1) is 0 Å². The lowest BCUT2D eigenvalue weighted by atomic mass is 10.1. The normalized spacial score (nSPS) is 27.7. The van der Waals surface area contributed by atoms with Crippen molar-refractivity contribution >= 4 is 11.8 Å². The van der Waals surface area contributed by atoms with Crippen LogP contribution in [0.1, 0.15) is 65.2 Å². The van der Waals surface area contributed by atoms with Crippen molar-refractivity contribution in [3.05, 3.63) is 0 Å². The van der Waals surface area contributed by atoms with E-state index < -0.39 is 0 Å². The first-order valence-corrected chi connectivity index (χ1v) is 7.75. The maximum absolute atomic E-state index is 12.3. The van der Waals surface area contributed by atoms with Gasteiger partial charge in [-0.25, -0.2) is 0 Å². The number of carbonyl (C=O) groups excluding carboxylic acids is 2. The van der Waals surface area contributed by atoms with E-state index in [0.717, 1.165) is 19.3 Å². The van der Waals surface area contributed by atoms with Gasteiger partial charge in [-0.05, 0) is 26.2 Å². The van der Waals surface area contributed by atoms with Crippen LogP contribution in [0.3, 0.4) is 0 Å². The van der Waals surface area contributed by atoms with E-state index in [4.69, 9.17) is 0 Å². The molecule has 1 saturated carbocycles. The van der Waals surface area contributed by atoms with Gasteiger partial charge in [-0.3, -0.25) is 14.5 Å². The van der Waals surface area contributed by atoms with E-state index in [1.165, 1.54) is 30.6 Å².